The van der Waals surface area contributed by atoms with Gasteiger partial charge in [-0.3, -0.25) is 4.79 Å². The Balaban J connectivity index is 1.76. The topological polar surface area (TPSA) is 71.5 Å². The minimum absolute atomic E-state index is 0.130. The monoisotopic (exact) mass is 306 g/mol. The molecule has 0 bridgehead atoms. The molecule has 0 aliphatic heterocycles. The van der Waals surface area contributed by atoms with Gasteiger partial charge in [-0.25, -0.2) is 4.98 Å². The molecular formula is C15H18N2O3S. The van der Waals surface area contributed by atoms with Crippen LogP contribution in [0.25, 0.3) is 0 Å². The van der Waals surface area contributed by atoms with Gasteiger partial charge in [0.15, 0.2) is 0 Å². The molecule has 2 N–H and O–H groups in total. The van der Waals surface area contributed by atoms with Gasteiger partial charge in [0.25, 0.3) is 5.91 Å². The Morgan fingerprint density at radius 1 is 1.48 bits per heavy atom. The smallest absolute Gasteiger partial charge is 0.263 e. The highest BCUT2D eigenvalue weighted by molar-refractivity contribution is 7.11. The highest BCUT2D eigenvalue weighted by atomic mass is 32.1. The van der Waals surface area contributed by atoms with E-state index < -0.39 is 6.10 Å². The van der Waals surface area contributed by atoms with Crippen molar-refractivity contribution >= 4 is 17.2 Å². The Bertz CT molecular complexity index is 612. The summed E-state index contributed by atoms with van der Waals surface area (Å²) in [7, 11) is 0. The Labute approximate surface area is 127 Å². The first kappa shape index (κ1) is 15.5. The predicted molar refractivity (Wildman–Crippen MR) is 81.9 cm³/mol. The quantitative estimate of drug-likeness (QED) is 0.855. The van der Waals surface area contributed by atoms with Crippen LogP contribution in [-0.4, -0.2) is 35.3 Å². The van der Waals surface area contributed by atoms with Gasteiger partial charge in [-0.05, 0) is 31.5 Å². The molecule has 1 unspecified atom stereocenters. The maximum atomic E-state index is 11.9. The van der Waals surface area contributed by atoms with Crippen molar-refractivity contribution in [2.24, 2.45) is 0 Å². The molecule has 0 aliphatic carbocycles. The lowest BCUT2D eigenvalue weighted by atomic mass is 10.2. The number of thiazole rings is 1. The Kier molecular flexibility index (Phi) is 5.30. The van der Waals surface area contributed by atoms with Crippen LogP contribution in [0.15, 0.2) is 29.8 Å². The molecule has 6 heteroatoms. The van der Waals surface area contributed by atoms with E-state index in [9.17, 15) is 9.90 Å². The van der Waals surface area contributed by atoms with E-state index in [1.165, 1.54) is 11.3 Å². The van der Waals surface area contributed by atoms with E-state index in [2.05, 4.69) is 10.3 Å². The average Bonchev–Trinajstić information content (AvgIpc) is 2.89. The van der Waals surface area contributed by atoms with E-state index in [0.717, 1.165) is 5.56 Å². The Morgan fingerprint density at radius 2 is 2.29 bits per heavy atom. The van der Waals surface area contributed by atoms with Crippen LogP contribution in [0.4, 0.5) is 0 Å². The number of carbonyl (C=O) groups is 1. The number of aryl methyl sites for hydroxylation is 2. The van der Waals surface area contributed by atoms with E-state index in [4.69, 9.17) is 4.74 Å². The highest BCUT2D eigenvalue weighted by Gasteiger charge is 2.13. The molecule has 1 aromatic carbocycles. The Morgan fingerprint density at radius 3 is 2.95 bits per heavy atom. The summed E-state index contributed by atoms with van der Waals surface area (Å²) in [6.45, 7) is 4.02. The molecular weight excluding hydrogens is 288 g/mol. The summed E-state index contributed by atoms with van der Waals surface area (Å²) in [6.07, 6.45) is -0.761. The van der Waals surface area contributed by atoms with Crippen LogP contribution in [0.3, 0.4) is 0 Å². The molecule has 0 radical (unpaired) electrons. The second-order valence-corrected chi connectivity index (χ2v) is 5.61. The largest absolute Gasteiger partial charge is 0.491 e. The molecule has 0 fully saturated rings. The third-order valence-corrected chi connectivity index (χ3v) is 3.81. The zero-order valence-corrected chi connectivity index (χ0v) is 12.8. The summed E-state index contributed by atoms with van der Waals surface area (Å²) in [4.78, 5) is 16.4. The summed E-state index contributed by atoms with van der Waals surface area (Å²) in [6, 6.07) is 7.59. The van der Waals surface area contributed by atoms with E-state index in [-0.39, 0.29) is 19.1 Å². The van der Waals surface area contributed by atoms with Crippen LogP contribution >= 0.6 is 11.3 Å². The highest BCUT2D eigenvalue weighted by Crippen LogP contribution is 2.13. The van der Waals surface area contributed by atoms with E-state index in [1.807, 2.05) is 31.2 Å². The van der Waals surface area contributed by atoms with Gasteiger partial charge in [0.2, 0.25) is 0 Å². The number of nitrogens with one attached hydrogen (secondary N) is 1. The number of aliphatic hydroxyl groups excluding tert-OH is 1. The standard InChI is InChI=1S/C15H18N2O3S/c1-10-4-3-5-13(6-10)20-8-12(18)7-16-15(19)14-11(2)17-9-21-14/h3-6,9,12,18H,7-8H2,1-2H3,(H,16,19). The van der Waals surface area contributed by atoms with Crippen molar-refractivity contribution in [3.8, 4) is 5.75 Å². The van der Waals surface area contributed by atoms with Gasteiger partial charge in [-0.15, -0.1) is 11.3 Å². The molecule has 0 aliphatic rings. The van der Waals surface area contributed by atoms with Gasteiger partial charge in [-0.2, -0.15) is 0 Å². The van der Waals surface area contributed by atoms with Crippen molar-refractivity contribution in [2.75, 3.05) is 13.2 Å². The first-order valence-corrected chi connectivity index (χ1v) is 7.50. The summed E-state index contributed by atoms with van der Waals surface area (Å²) >= 11 is 1.29. The van der Waals surface area contributed by atoms with Crippen molar-refractivity contribution in [3.05, 3.63) is 45.9 Å². The number of rotatable bonds is 6. The number of amides is 1. The number of carbonyl (C=O) groups excluding carboxylic acids is 1. The molecule has 112 valence electrons. The SMILES string of the molecule is Cc1cccc(OCC(O)CNC(=O)c2scnc2C)c1. The fraction of sp³-hybridized carbons (Fsp3) is 0.333. The molecule has 2 rings (SSSR count). The van der Waals surface area contributed by atoms with Crippen molar-refractivity contribution in [1.29, 1.82) is 0 Å². The van der Waals surface area contributed by atoms with Gasteiger partial charge in [0, 0.05) is 6.54 Å². The first-order valence-electron chi connectivity index (χ1n) is 6.62. The summed E-state index contributed by atoms with van der Waals surface area (Å²) in [5, 5.41) is 12.5. The second kappa shape index (κ2) is 7.19. The molecule has 2 aromatic rings. The maximum Gasteiger partial charge on any atom is 0.263 e. The van der Waals surface area contributed by atoms with E-state index >= 15 is 0 Å². The van der Waals surface area contributed by atoms with Crippen LogP contribution in [0.5, 0.6) is 5.75 Å². The van der Waals surface area contributed by atoms with Crippen molar-refractivity contribution in [1.82, 2.24) is 10.3 Å². The minimum Gasteiger partial charge on any atom is -0.491 e. The van der Waals surface area contributed by atoms with Gasteiger partial charge in [0.05, 0.1) is 11.2 Å². The number of hydrogen-bond donors (Lipinski definition) is 2. The van der Waals surface area contributed by atoms with Crippen LogP contribution in [-0.2, 0) is 0 Å². The summed E-state index contributed by atoms with van der Waals surface area (Å²) in [5.41, 5.74) is 3.42. The Hall–Kier alpha value is -1.92. The fourth-order valence-corrected chi connectivity index (χ4v) is 2.49. The zero-order chi connectivity index (χ0) is 15.2. The lowest BCUT2D eigenvalue weighted by Crippen LogP contribution is -2.35. The van der Waals surface area contributed by atoms with Gasteiger partial charge in [0.1, 0.15) is 23.3 Å². The molecule has 1 aromatic heterocycles. The van der Waals surface area contributed by atoms with E-state index in [1.54, 1.807) is 12.4 Å². The van der Waals surface area contributed by atoms with Gasteiger partial charge < -0.3 is 15.2 Å². The van der Waals surface area contributed by atoms with Crippen LogP contribution in [0.2, 0.25) is 0 Å². The molecule has 0 spiro atoms. The fourth-order valence-electron chi connectivity index (χ4n) is 1.77. The third-order valence-electron chi connectivity index (χ3n) is 2.88. The normalized spacial score (nSPS) is 12.0. The predicted octanol–water partition coefficient (Wildman–Crippen LogP) is 1.93. The number of aliphatic hydroxyl groups is 1. The molecule has 21 heavy (non-hydrogen) atoms. The molecule has 0 saturated heterocycles. The third kappa shape index (κ3) is 4.54. The van der Waals surface area contributed by atoms with Crippen LogP contribution in [0.1, 0.15) is 20.9 Å². The number of hydrogen-bond acceptors (Lipinski definition) is 5. The molecule has 0 saturated carbocycles. The maximum absolute atomic E-state index is 11.9. The van der Waals surface area contributed by atoms with Crippen molar-refractivity contribution in [2.45, 2.75) is 20.0 Å². The number of benzene rings is 1. The minimum atomic E-state index is -0.761. The summed E-state index contributed by atoms with van der Waals surface area (Å²) < 4.78 is 5.48. The number of aromatic nitrogens is 1. The number of nitrogens with zero attached hydrogens (tertiary/aromatic N) is 1. The average molecular weight is 306 g/mol. The zero-order valence-electron chi connectivity index (χ0n) is 12.0. The van der Waals surface area contributed by atoms with Crippen molar-refractivity contribution in [3.63, 3.8) is 0 Å². The first-order chi connectivity index (χ1) is 10.1. The lowest BCUT2D eigenvalue weighted by molar-refractivity contribution is 0.0846. The van der Waals surface area contributed by atoms with Crippen LogP contribution < -0.4 is 10.1 Å². The molecule has 1 atom stereocenters. The summed E-state index contributed by atoms with van der Waals surface area (Å²) in [5.74, 6) is 0.489. The van der Waals surface area contributed by atoms with Gasteiger partial charge in [-0.1, -0.05) is 12.1 Å². The van der Waals surface area contributed by atoms with Gasteiger partial charge >= 0.3 is 0 Å². The van der Waals surface area contributed by atoms with E-state index in [0.29, 0.717) is 16.3 Å². The molecule has 5 nitrogen and oxygen atoms in total. The number of ether oxygens (including phenoxy) is 1. The lowest BCUT2D eigenvalue weighted by Gasteiger charge is -2.13. The molecule has 1 heterocycles. The second-order valence-electron chi connectivity index (χ2n) is 4.76. The van der Waals surface area contributed by atoms with Crippen LogP contribution in [0, 0.1) is 13.8 Å². The molecule has 1 amide bonds. The van der Waals surface area contributed by atoms with Crippen molar-refractivity contribution < 1.29 is 14.6 Å².